The van der Waals surface area contributed by atoms with Crippen LogP contribution in [-0.2, 0) is 4.79 Å². The third kappa shape index (κ3) is 3.59. The zero-order chi connectivity index (χ0) is 19.0. The van der Waals surface area contributed by atoms with Gasteiger partial charge in [-0.05, 0) is 37.6 Å². The predicted octanol–water partition coefficient (Wildman–Crippen LogP) is 1.44. The molecule has 27 heavy (non-hydrogen) atoms. The van der Waals surface area contributed by atoms with Crippen LogP contribution in [-0.4, -0.2) is 66.1 Å². The zero-order valence-electron chi connectivity index (χ0n) is 16.0. The number of hydrogen-bond donors (Lipinski definition) is 1. The van der Waals surface area contributed by atoms with E-state index < -0.39 is 5.82 Å². The number of hydrogen-bond acceptors (Lipinski definition) is 6. The molecule has 7 nitrogen and oxygen atoms in total. The largest absolute Gasteiger partial charge is 0.479 e. The number of halogens is 1. The Labute approximate surface area is 159 Å². The summed E-state index contributed by atoms with van der Waals surface area (Å²) in [6, 6.07) is 0.875. The standard InChI is InChI=1S/C19H28FN5O2/c1-12(26)21-9-17-14-7-13(16-5-3-4-6-25(16)17)10-24(11-14)19-22-8-15(20)18(23-19)27-2/h8,13-14,16-17H,3-7,9-11H2,1-2H3,(H,21,26)/t13-,14+,16+,17+/m1/s1. The SMILES string of the molecule is COc1nc(N2C[C@H]3C[C@@H](C2)[C@H](CNC(C)=O)N2CCCC[C@@H]32)ncc1F. The molecule has 0 radical (unpaired) electrons. The fraction of sp³-hybridized carbons (Fsp3) is 0.737. The third-order valence-corrected chi connectivity index (χ3v) is 6.36. The number of carbonyl (C=O) groups excluding carboxylic acids is 1. The second-order valence-corrected chi connectivity index (χ2v) is 7.99. The topological polar surface area (TPSA) is 70.6 Å². The molecule has 3 aliphatic rings. The Balaban J connectivity index is 1.58. The van der Waals surface area contributed by atoms with Crippen LogP contribution in [0.1, 0.15) is 32.6 Å². The van der Waals surface area contributed by atoms with E-state index >= 15 is 0 Å². The smallest absolute Gasteiger partial charge is 0.255 e. The average molecular weight is 377 g/mol. The van der Waals surface area contributed by atoms with E-state index in [1.165, 1.54) is 39.0 Å². The number of nitrogens with one attached hydrogen (secondary N) is 1. The number of anilines is 1. The molecule has 0 saturated carbocycles. The molecule has 2 bridgehead atoms. The maximum absolute atomic E-state index is 13.7. The predicted molar refractivity (Wildman–Crippen MR) is 99.2 cm³/mol. The van der Waals surface area contributed by atoms with Crippen molar-refractivity contribution >= 4 is 11.9 Å². The van der Waals surface area contributed by atoms with Crippen LogP contribution in [0.2, 0.25) is 0 Å². The first kappa shape index (κ1) is 18.4. The molecule has 1 aromatic heterocycles. The zero-order valence-corrected chi connectivity index (χ0v) is 16.0. The highest BCUT2D eigenvalue weighted by Crippen LogP contribution is 2.41. The molecule has 1 amide bonds. The van der Waals surface area contributed by atoms with Crippen molar-refractivity contribution in [1.29, 1.82) is 0 Å². The number of aromatic nitrogens is 2. The number of methoxy groups -OCH3 is 1. The van der Waals surface area contributed by atoms with Crippen molar-refractivity contribution in [2.24, 2.45) is 11.8 Å². The Hall–Kier alpha value is -1.96. The van der Waals surface area contributed by atoms with Gasteiger partial charge in [0.1, 0.15) is 0 Å². The first-order chi connectivity index (χ1) is 13.1. The van der Waals surface area contributed by atoms with E-state index in [0.29, 0.717) is 36.4 Å². The molecule has 0 aromatic carbocycles. The summed E-state index contributed by atoms with van der Waals surface area (Å²) < 4.78 is 18.7. The van der Waals surface area contributed by atoms with Crippen molar-refractivity contribution in [3.63, 3.8) is 0 Å². The molecule has 1 N–H and O–H groups in total. The fourth-order valence-corrected chi connectivity index (χ4v) is 5.24. The number of ether oxygens (including phenoxy) is 1. The first-order valence-electron chi connectivity index (χ1n) is 9.88. The van der Waals surface area contributed by atoms with E-state index in [9.17, 15) is 9.18 Å². The molecule has 4 rings (SSSR count). The van der Waals surface area contributed by atoms with Gasteiger partial charge in [-0.2, -0.15) is 9.37 Å². The fourth-order valence-electron chi connectivity index (χ4n) is 5.24. The third-order valence-electron chi connectivity index (χ3n) is 6.36. The highest BCUT2D eigenvalue weighted by molar-refractivity contribution is 5.72. The van der Waals surface area contributed by atoms with Gasteiger partial charge in [0.15, 0.2) is 0 Å². The van der Waals surface area contributed by atoms with Crippen LogP contribution in [0.25, 0.3) is 0 Å². The normalized spacial score (nSPS) is 30.6. The molecule has 8 heteroatoms. The summed E-state index contributed by atoms with van der Waals surface area (Å²) in [5, 5.41) is 3.03. The van der Waals surface area contributed by atoms with Crippen LogP contribution in [0, 0.1) is 17.7 Å². The Kier molecular flexibility index (Phi) is 5.16. The highest BCUT2D eigenvalue weighted by atomic mass is 19.1. The Bertz CT molecular complexity index is 703. The van der Waals surface area contributed by atoms with Crippen LogP contribution in [0.4, 0.5) is 10.3 Å². The minimum atomic E-state index is -0.541. The van der Waals surface area contributed by atoms with Gasteiger partial charge in [-0.25, -0.2) is 4.98 Å². The van der Waals surface area contributed by atoms with Crippen LogP contribution in [0.15, 0.2) is 6.20 Å². The minimum absolute atomic E-state index is 0.00942. The molecule has 148 valence electrons. The van der Waals surface area contributed by atoms with Crippen molar-refractivity contribution < 1.29 is 13.9 Å². The molecule has 0 aliphatic carbocycles. The average Bonchev–Trinajstić information content (AvgIpc) is 2.68. The quantitative estimate of drug-likeness (QED) is 0.856. The molecule has 1 aromatic rings. The summed E-state index contributed by atoms with van der Waals surface area (Å²) in [5.74, 6) is 0.988. The van der Waals surface area contributed by atoms with Crippen molar-refractivity contribution in [2.75, 3.05) is 38.2 Å². The van der Waals surface area contributed by atoms with Crippen LogP contribution >= 0.6 is 0 Å². The minimum Gasteiger partial charge on any atom is -0.479 e. The Morgan fingerprint density at radius 1 is 1.37 bits per heavy atom. The van der Waals surface area contributed by atoms with Gasteiger partial charge < -0.3 is 15.0 Å². The first-order valence-corrected chi connectivity index (χ1v) is 9.88. The van der Waals surface area contributed by atoms with E-state index in [0.717, 1.165) is 19.6 Å². The number of rotatable bonds is 4. The monoisotopic (exact) mass is 377 g/mol. The van der Waals surface area contributed by atoms with E-state index in [1.807, 2.05) is 0 Å². The van der Waals surface area contributed by atoms with E-state index in [2.05, 4.69) is 25.1 Å². The van der Waals surface area contributed by atoms with Gasteiger partial charge in [0.2, 0.25) is 17.7 Å². The molecule has 0 unspecified atom stereocenters. The summed E-state index contributed by atoms with van der Waals surface area (Å²) in [6.45, 7) is 5.08. The Morgan fingerprint density at radius 3 is 2.96 bits per heavy atom. The highest BCUT2D eigenvalue weighted by Gasteiger charge is 2.47. The maximum atomic E-state index is 13.7. The lowest BCUT2D eigenvalue weighted by molar-refractivity contribution is -0.119. The second-order valence-electron chi connectivity index (χ2n) is 7.99. The molecule has 4 atom stereocenters. The lowest BCUT2D eigenvalue weighted by atomic mass is 9.72. The van der Waals surface area contributed by atoms with E-state index in [4.69, 9.17) is 4.74 Å². The van der Waals surface area contributed by atoms with Crippen LogP contribution in [0.5, 0.6) is 5.88 Å². The number of carbonyl (C=O) groups is 1. The molecule has 0 spiro atoms. The van der Waals surface area contributed by atoms with Gasteiger partial charge in [0.05, 0.1) is 13.3 Å². The van der Waals surface area contributed by atoms with Crippen LogP contribution < -0.4 is 15.0 Å². The summed E-state index contributed by atoms with van der Waals surface area (Å²) in [6.07, 6.45) is 6.05. The van der Waals surface area contributed by atoms with Gasteiger partial charge in [-0.1, -0.05) is 6.42 Å². The molecule has 3 fully saturated rings. The second kappa shape index (κ2) is 7.58. The van der Waals surface area contributed by atoms with Crippen molar-refractivity contribution in [2.45, 2.75) is 44.7 Å². The van der Waals surface area contributed by atoms with E-state index in [1.54, 1.807) is 6.92 Å². The number of amides is 1. The lowest BCUT2D eigenvalue weighted by Crippen LogP contribution is -2.65. The molecule has 4 heterocycles. The Morgan fingerprint density at radius 2 is 2.19 bits per heavy atom. The maximum Gasteiger partial charge on any atom is 0.255 e. The number of nitrogens with zero attached hydrogens (tertiary/aromatic N) is 4. The number of fused-ring (bicyclic) bond motifs is 4. The van der Waals surface area contributed by atoms with Gasteiger partial charge in [0.25, 0.3) is 5.88 Å². The molecular formula is C19H28FN5O2. The molecular weight excluding hydrogens is 349 g/mol. The number of piperidine rings is 3. The molecule has 3 aliphatic heterocycles. The van der Waals surface area contributed by atoms with Crippen LogP contribution in [0.3, 0.4) is 0 Å². The van der Waals surface area contributed by atoms with Crippen molar-refractivity contribution in [1.82, 2.24) is 20.2 Å². The van der Waals surface area contributed by atoms with E-state index in [-0.39, 0.29) is 11.8 Å². The van der Waals surface area contributed by atoms with Crippen molar-refractivity contribution in [3.05, 3.63) is 12.0 Å². The lowest BCUT2D eigenvalue weighted by Gasteiger charge is -2.56. The van der Waals surface area contributed by atoms with Gasteiger partial charge in [0, 0.05) is 38.6 Å². The summed E-state index contributed by atoms with van der Waals surface area (Å²) in [5.41, 5.74) is 0. The van der Waals surface area contributed by atoms with Gasteiger partial charge in [-0.15, -0.1) is 0 Å². The van der Waals surface area contributed by atoms with Crippen molar-refractivity contribution in [3.8, 4) is 5.88 Å². The molecule has 3 saturated heterocycles. The summed E-state index contributed by atoms with van der Waals surface area (Å²) in [4.78, 5) is 24.8. The summed E-state index contributed by atoms with van der Waals surface area (Å²) in [7, 11) is 1.42. The van der Waals surface area contributed by atoms with Gasteiger partial charge >= 0.3 is 0 Å². The summed E-state index contributed by atoms with van der Waals surface area (Å²) >= 11 is 0. The van der Waals surface area contributed by atoms with Gasteiger partial charge in [-0.3, -0.25) is 9.69 Å².